The molecule has 0 aromatic rings. The third kappa shape index (κ3) is 4.45. The van der Waals surface area contributed by atoms with Crippen molar-refractivity contribution in [1.82, 2.24) is 0 Å². The zero-order chi connectivity index (χ0) is 20.0. The Morgan fingerprint density at radius 2 is 1.20 bits per heavy atom. The van der Waals surface area contributed by atoms with Crippen molar-refractivity contribution < 1.29 is 14.4 Å². The molecule has 0 aromatic carbocycles. The Kier molecular flexibility index (Phi) is 8.38. The van der Waals surface area contributed by atoms with E-state index in [2.05, 4.69) is 19.7 Å². The fourth-order valence-corrected chi connectivity index (χ4v) is 16.6. The Labute approximate surface area is 151 Å². The van der Waals surface area contributed by atoms with Gasteiger partial charge in [-0.25, -0.2) is 0 Å². The van der Waals surface area contributed by atoms with Gasteiger partial charge in [-0.15, -0.1) is 0 Å². The Morgan fingerprint density at radius 3 is 1.44 bits per heavy atom. The molecule has 142 valence electrons. The third-order valence-corrected chi connectivity index (χ3v) is 18.9. The molecule has 0 saturated carbocycles. The van der Waals surface area contributed by atoms with Gasteiger partial charge in [0.2, 0.25) is 0 Å². The third-order valence-electron chi connectivity index (χ3n) is 4.53. The van der Waals surface area contributed by atoms with Crippen molar-refractivity contribution in [2.75, 3.05) is 13.1 Å². The van der Waals surface area contributed by atoms with Crippen molar-refractivity contribution in [2.24, 2.45) is 17.2 Å². The molecule has 0 heterocycles. The summed E-state index contributed by atoms with van der Waals surface area (Å²) < 4.78 is -0.625. The Morgan fingerprint density at radius 1 is 0.840 bits per heavy atom. The van der Waals surface area contributed by atoms with Crippen LogP contribution in [0.15, 0.2) is 36.5 Å². The second-order valence-electron chi connectivity index (χ2n) is 6.86. The molecule has 7 heteroatoms. The monoisotopic (exact) mass is 413 g/mol. The molecular weight excluding hydrogens is 381 g/mol. The molecule has 0 aromatic heterocycles. The van der Waals surface area contributed by atoms with Crippen molar-refractivity contribution in [3.8, 4) is 0 Å². The standard InChI is InChI=1S/C18H32AsN3O3/c1-12(2)16(23)15(22)11-19(7-9-20,8-10-21,17(24)13(3)4)18(25)14(5)6/h15H,1,3,5,7-11,20-22H2,2,4,6H3. The second kappa shape index (κ2) is 8.86. The zero-order valence-electron chi connectivity index (χ0n) is 15.6. The van der Waals surface area contributed by atoms with Crippen LogP contribution in [0.1, 0.15) is 20.8 Å². The molecule has 0 amide bonds. The summed E-state index contributed by atoms with van der Waals surface area (Å²) in [5.41, 5.74) is 18.5. The molecule has 6 N–H and O–H groups in total. The van der Waals surface area contributed by atoms with Crippen LogP contribution >= 0.6 is 0 Å². The summed E-state index contributed by atoms with van der Waals surface area (Å²) in [5.74, 6) is -0.370. The van der Waals surface area contributed by atoms with E-state index in [1.165, 1.54) is 0 Å². The minimum atomic E-state index is -4.68. The maximum atomic E-state index is 13.4. The van der Waals surface area contributed by atoms with E-state index in [0.717, 1.165) is 0 Å². The van der Waals surface area contributed by atoms with Gasteiger partial charge < -0.3 is 0 Å². The number of hydrogen-bond acceptors (Lipinski definition) is 6. The van der Waals surface area contributed by atoms with Crippen LogP contribution in [0.3, 0.4) is 0 Å². The molecule has 0 aliphatic rings. The number of hydrogen-bond donors (Lipinski definition) is 3. The molecular formula is C18H32AsN3O3. The number of Topliss-reactive ketones (excluding diaryl/α,β-unsaturated/α-hetero) is 1. The minimum absolute atomic E-state index is 0.0317. The first-order chi connectivity index (χ1) is 11.4. The van der Waals surface area contributed by atoms with Gasteiger partial charge in [0, 0.05) is 0 Å². The van der Waals surface area contributed by atoms with E-state index in [-0.39, 0.29) is 60.4 Å². The van der Waals surface area contributed by atoms with Crippen LogP contribution in [-0.2, 0) is 14.4 Å². The summed E-state index contributed by atoms with van der Waals surface area (Å²) >= 11 is -4.68. The van der Waals surface area contributed by atoms with E-state index in [0.29, 0.717) is 0 Å². The SMILES string of the molecule is C=C(C)C(=O)C(N)C[As](CCN)(CCN)(C(=O)C(=C)C)C(=O)C(=C)C. The number of carbonyl (C=O) groups is 3. The molecule has 25 heavy (non-hydrogen) atoms. The van der Waals surface area contributed by atoms with Gasteiger partial charge in [0.15, 0.2) is 0 Å². The normalized spacial score (nSPS) is 14.1. The van der Waals surface area contributed by atoms with E-state index < -0.39 is 18.5 Å². The Hall–Kier alpha value is -1.33. The molecule has 0 aliphatic carbocycles. The van der Waals surface area contributed by atoms with Crippen molar-refractivity contribution in [1.29, 1.82) is 0 Å². The number of nitrogens with two attached hydrogens (primary N) is 3. The fraction of sp³-hybridized carbons (Fsp3) is 0.500. The summed E-state index contributed by atoms with van der Waals surface area (Å²) in [6, 6.07) is -1.01. The topological polar surface area (TPSA) is 129 Å². The summed E-state index contributed by atoms with van der Waals surface area (Å²) in [6.45, 7) is 16.0. The van der Waals surface area contributed by atoms with Crippen molar-refractivity contribution in [3.05, 3.63) is 36.5 Å². The second-order valence-corrected chi connectivity index (χ2v) is 18.5. The fourth-order valence-electron chi connectivity index (χ4n) is 3.46. The molecule has 0 radical (unpaired) electrons. The molecule has 1 atom stereocenters. The van der Waals surface area contributed by atoms with Crippen molar-refractivity contribution >= 4 is 27.4 Å². The molecule has 0 saturated heterocycles. The molecule has 0 bridgehead atoms. The molecule has 0 spiro atoms. The first-order valence-electron chi connectivity index (χ1n) is 8.17. The van der Waals surface area contributed by atoms with E-state index in [1.807, 2.05) is 0 Å². The van der Waals surface area contributed by atoms with Crippen LogP contribution < -0.4 is 17.2 Å². The van der Waals surface area contributed by atoms with Gasteiger partial charge in [-0.3, -0.25) is 0 Å². The van der Waals surface area contributed by atoms with E-state index >= 15 is 0 Å². The predicted octanol–water partition coefficient (Wildman–Crippen LogP) is 1.15. The Balaban J connectivity index is 6.75. The average Bonchev–Trinajstić information content (AvgIpc) is 2.52. The van der Waals surface area contributed by atoms with Crippen LogP contribution in [0.5, 0.6) is 0 Å². The van der Waals surface area contributed by atoms with E-state index in [1.54, 1.807) is 20.8 Å². The first-order valence-corrected chi connectivity index (χ1v) is 14.0. The van der Waals surface area contributed by atoms with E-state index in [4.69, 9.17) is 17.2 Å². The number of allylic oxidation sites excluding steroid dienone is 2. The predicted molar refractivity (Wildman–Crippen MR) is 106 cm³/mol. The van der Waals surface area contributed by atoms with Gasteiger partial charge in [0.05, 0.1) is 0 Å². The van der Waals surface area contributed by atoms with Gasteiger partial charge in [-0.05, 0) is 0 Å². The summed E-state index contributed by atoms with van der Waals surface area (Å²) in [5, 5.41) is 0.338. The van der Waals surface area contributed by atoms with Crippen LogP contribution in [0.25, 0.3) is 0 Å². The van der Waals surface area contributed by atoms with E-state index in [9.17, 15) is 14.4 Å². The van der Waals surface area contributed by atoms with Gasteiger partial charge in [0.1, 0.15) is 0 Å². The summed E-state index contributed by atoms with van der Waals surface area (Å²) in [6.07, 6.45) is 0. The molecule has 0 rings (SSSR count). The maximum absolute atomic E-state index is 13.4. The number of carbonyl (C=O) groups excluding carboxylic acids is 3. The number of rotatable bonds is 12. The molecule has 1 unspecified atom stereocenters. The average molecular weight is 413 g/mol. The van der Waals surface area contributed by atoms with Crippen LogP contribution in [0.4, 0.5) is 0 Å². The first kappa shape index (κ1) is 23.7. The van der Waals surface area contributed by atoms with Crippen LogP contribution in [0.2, 0.25) is 15.6 Å². The van der Waals surface area contributed by atoms with Gasteiger partial charge >= 0.3 is 151 Å². The zero-order valence-corrected chi connectivity index (χ0v) is 17.5. The molecule has 6 nitrogen and oxygen atoms in total. The Bertz CT molecular complexity index is 589. The summed E-state index contributed by atoms with van der Waals surface area (Å²) in [7, 11) is 0. The molecule has 0 fully saturated rings. The van der Waals surface area contributed by atoms with Crippen LogP contribution in [0, 0.1) is 0 Å². The molecule has 0 aliphatic heterocycles. The van der Waals surface area contributed by atoms with Crippen molar-refractivity contribution in [3.63, 3.8) is 0 Å². The number of ketones is 1. The van der Waals surface area contributed by atoms with Crippen LogP contribution in [-0.4, -0.2) is 46.5 Å². The van der Waals surface area contributed by atoms with Gasteiger partial charge in [0.25, 0.3) is 0 Å². The van der Waals surface area contributed by atoms with Crippen molar-refractivity contribution in [2.45, 2.75) is 42.4 Å². The summed E-state index contributed by atoms with van der Waals surface area (Å²) in [4.78, 5) is 39.0. The quantitative estimate of drug-likeness (QED) is 0.325. The van der Waals surface area contributed by atoms with Gasteiger partial charge in [-0.1, -0.05) is 0 Å². The van der Waals surface area contributed by atoms with Gasteiger partial charge in [-0.2, -0.15) is 0 Å².